The van der Waals surface area contributed by atoms with E-state index in [0.29, 0.717) is 5.11 Å². The molecule has 4 rings (SSSR count). The van der Waals surface area contributed by atoms with Crippen LogP contribution < -0.4 is 20.1 Å². The Bertz CT molecular complexity index is 1070. The number of rotatable bonds is 6. The topological polar surface area (TPSA) is 42.5 Å². The van der Waals surface area contributed by atoms with Crippen LogP contribution in [0.3, 0.4) is 0 Å². The van der Waals surface area contributed by atoms with Crippen molar-refractivity contribution in [3.63, 3.8) is 0 Å². The molecule has 3 aromatic carbocycles. The van der Waals surface area contributed by atoms with Gasteiger partial charge in [0.1, 0.15) is 17.1 Å². The average molecular weight is 465 g/mol. The molecule has 0 saturated heterocycles. The number of ether oxygens (including phenoxy) is 2. The Morgan fingerprint density at radius 3 is 2.56 bits per heavy atom. The number of thiocarbonyl (C=S) groups is 1. The smallest absolute Gasteiger partial charge is 0.171 e. The molecule has 2 N–H and O–H groups in total. The third kappa shape index (κ3) is 5.75. The maximum atomic E-state index is 6.17. The van der Waals surface area contributed by atoms with Gasteiger partial charge in [0, 0.05) is 34.4 Å². The van der Waals surface area contributed by atoms with Gasteiger partial charge in [0.25, 0.3) is 0 Å². The molecule has 6 heteroatoms. The molecule has 0 bridgehead atoms. The van der Waals surface area contributed by atoms with E-state index in [9.17, 15) is 0 Å². The second kappa shape index (κ2) is 9.84. The normalized spacial score (nSPS) is 16.4. The Hall–Kier alpha value is -2.70. The van der Waals surface area contributed by atoms with Crippen molar-refractivity contribution in [1.29, 1.82) is 0 Å². The SMILES string of the molecule is COc1ccc2c(c1)OC(C)(C)C[C@@H]2NC(=S)Nc1ccc(CSc2ccccc2)cc1. The largest absolute Gasteiger partial charge is 0.497 e. The minimum atomic E-state index is -0.301. The molecule has 0 unspecified atom stereocenters. The molecule has 0 spiro atoms. The maximum Gasteiger partial charge on any atom is 0.171 e. The first-order valence-corrected chi connectivity index (χ1v) is 12.0. The molecule has 0 saturated carbocycles. The van der Waals surface area contributed by atoms with Gasteiger partial charge in [-0.2, -0.15) is 0 Å². The Balaban J connectivity index is 1.37. The summed E-state index contributed by atoms with van der Waals surface area (Å²) in [5, 5.41) is 7.39. The zero-order chi connectivity index (χ0) is 22.6. The van der Waals surface area contributed by atoms with Gasteiger partial charge < -0.3 is 20.1 Å². The van der Waals surface area contributed by atoms with Crippen molar-refractivity contribution < 1.29 is 9.47 Å². The van der Waals surface area contributed by atoms with E-state index < -0.39 is 0 Å². The number of hydrogen-bond acceptors (Lipinski definition) is 4. The lowest BCUT2D eigenvalue weighted by Crippen LogP contribution is -2.42. The van der Waals surface area contributed by atoms with Crippen molar-refractivity contribution in [3.8, 4) is 11.5 Å². The van der Waals surface area contributed by atoms with Crippen molar-refractivity contribution in [3.05, 3.63) is 83.9 Å². The second-order valence-corrected chi connectivity index (χ2v) is 9.88. The maximum absolute atomic E-state index is 6.17. The van der Waals surface area contributed by atoms with Crippen molar-refractivity contribution in [2.24, 2.45) is 0 Å². The van der Waals surface area contributed by atoms with Crippen molar-refractivity contribution in [1.82, 2.24) is 5.32 Å². The van der Waals surface area contributed by atoms with Crippen LogP contribution >= 0.6 is 24.0 Å². The third-order valence-corrected chi connectivity index (χ3v) is 6.65. The van der Waals surface area contributed by atoms with Gasteiger partial charge in [0.05, 0.1) is 13.2 Å². The molecule has 1 heterocycles. The number of hydrogen-bond donors (Lipinski definition) is 2. The van der Waals surface area contributed by atoms with Crippen LogP contribution in [0.4, 0.5) is 5.69 Å². The summed E-state index contributed by atoms with van der Waals surface area (Å²) in [6.07, 6.45) is 0.809. The van der Waals surface area contributed by atoms with Crippen LogP contribution in [0.1, 0.15) is 37.4 Å². The highest BCUT2D eigenvalue weighted by Crippen LogP contribution is 2.41. The lowest BCUT2D eigenvalue weighted by molar-refractivity contribution is 0.0693. The Morgan fingerprint density at radius 2 is 1.84 bits per heavy atom. The minimum absolute atomic E-state index is 0.0567. The van der Waals surface area contributed by atoms with E-state index in [1.165, 1.54) is 10.5 Å². The van der Waals surface area contributed by atoms with Crippen molar-refractivity contribution in [2.75, 3.05) is 12.4 Å². The first-order chi connectivity index (χ1) is 15.4. The number of thioether (sulfide) groups is 1. The Morgan fingerprint density at radius 1 is 1.09 bits per heavy atom. The molecule has 0 amide bonds. The van der Waals surface area contributed by atoms with Gasteiger partial charge in [-0.05, 0) is 68.0 Å². The molecule has 1 atom stereocenters. The highest BCUT2D eigenvalue weighted by Gasteiger charge is 2.34. The van der Waals surface area contributed by atoms with Gasteiger partial charge in [-0.3, -0.25) is 0 Å². The van der Waals surface area contributed by atoms with E-state index in [-0.39, 0.29) is 11.6 Å². The van der Waals surface area contributed by atoms with Crippen LogP contribution in [-0.4, -0.2) is 17.8 Å². The van der Waals surface area contributed by atoms with Crippen LogP contribution in [0.15, 0.2) is 77.7 Å². The van der Waals surface area contributed by atoms with Crippen LogP contribution in [0.5, 0.6) is 11.5 Å². The molecule has 3 aromatic rings. The number of anilines is 1. The zero-order valence-corrected chi connectivity index (χ0v) is 20.2. The molecule has 166 valence electrons. The van der Waals surface area contributed by atoms with Gasteiger partial charge in [-0.25, -0.2) is 0 Å². The number of methoxy groups -OCH3 is 1. The molecule has 1 aliphatic heterocycles. The fourth-order valence-corrected chi connectivity index (χ4v) is 4.92. The molecule has 0 aliphatic carbocycles. The van der Waals surface area contributed by atoms with E-state index in [1.807, 2.05) is 36.0 Å². The van der Waals surface area contributed by atoms with Crippen molar-refractivity contribution in [2.45, 2.75) is 42.6 Å². The minimum Gasteiger partial charge on any atom is -0.497 e. The molecule has 0 radical (unpaired) electrons. The standard InChI is InChI=1S/C26H28N2O2S2/c1-26(2)16-23(22-14-13-20(29-3)15-24(22)30-26)28-25(31)27-19-11-9-18(10-12-19)17-32-21-7-5-4-6-8-21/h4-15,23H,16-17H2,1-3H3,(H2,27,28,31)/t23-/m0/s1. The third-order valence-electron chi connectivity index (χ3n) is 5.34. The molecule has 1 aliphatic rings. The number of nitrogens with one attached hydrogen (secondary N) is 2. The van der Waals surface area contributed by atoms with Crippen LogP contribution in [0.25, 0.3) is 0 Å². The molecule has 32 heavy (non-hydrogen) atoms. The number of fused-ring (bicyclic) bond motifs is 1. The van der Waals surface area contributed by atoms with Crippen LogP contribution in [-0.2, 0) is 5.75 Å². The first kappa shape index (κ1) is 22.5. The summed E-state index contributed by atoms with van der Waals surface area (Å²) in [6.45, 7) is 4.18. The van der Waals surface area contributed by atoms with E-state index >= 15 is 0 Å². The van der Waals surface area contributed by atoms with E-state index in [1.54, 1.807) is 7.11 Å². The van der Waals surface area contributed by atoms with Crippen LogP contribution in [0, 0.1) is 0 Å². The molecule has 0 aromatic heterocycles. The van der Waals surface area contributed by atoms with Gasteiger partial charge in [0.2, 0.25) is 0 Å². The average Bonchev–Trinajstić information content (AvgIpc) is 2.78. The summed E-state index contributed by atoms with van der Waals surface area (Å²) in [5.74, 6) is 2.55. The Labute approximate surface area is 199 Å². The van der Waals surface area contributed by atoms with Gasteiger partial charge in [0.15, 0.2) is 5.11 Å². The second-order valence-electron chi connectivity index (χ2n) is 8.42. The van der Waals surface area contributed by atoms with Crippen molar-refractivity contribution >= 4 is 34.8 Å². The summed E-state index contributed by atoms with van der Waals surface area (Å²) >= 11 is 7.46. The lowest BCUT2D eigenvalue weighted by atomic mass is 9.89. The number of benzene rings is 3. The molecule has 4 nitrogen and oxygen atoms in total. The van der Waals surface area contributed by atoms with Crippen LogP contribution in [0.2, 0.25) is 0 Å². The van der Waals surface area contributed by atoms with Gasteiger partial charge in [-0.15, -0.1) is 11.8 Å². The fraction of sp³-hybridized carbons (Fsp3) is 0.269. The fourth-order valence-electron chi connectivity index (χ4n) is 3.78. The van der Waals surface area contributed by atoms with E-state index in [2.05, 4.69) is 73.0 Å². The lowest BCUT2D eigenvalue weighted by Gasteiger charge is -2.38. The summed E-state index contributed by atoms with van der Waals surface area (Å²) in [7, 11) is 1.66. The summed E-state index contributed by atoms with van der Waals surface area (Å²) < 4.78 is 11.5. The Kier molecular flexibility index (Phi) is 6.92. The van der Waals surface area contributed by atoms with E-state index in [0.717, 1.165) is 34.9 Å². The van der Waals surface area contributed by atoms with E-state index in [4.69, 9.17) is 21.7 Å². The summed E-state index contributed by atoms with van der Waals surface area (Å²) in [6, 6.07) is 24.9. The predicted molar refractivity (Wildman–Crippen MR) is 137 cm³/mol. The molecular formula is C26H28N2O2S2. The van der Waals surface area contributed by atoms with Gasteiger partial charge in [-0.1, -0.05) is 30.3 Å². The summed E-state index contributed by atoms with van der Waals surface area (Å²) in [5.41, 5.74) is 3.03. The predicted octanol–water partition coefficient (Wildman–Crippen LogP) is 6.58. The van der Waals surface area contributed by atoms with Gasteiger partial charge >= 0.3 is 0 Å². The highest BCUT2D eigenvalue weighted by molar-refractivity contribution is 7.98. The highest BCUT2D eigenvalue weighted by atomic mass is 32.2. The first-order valence-electron chi connectivity index (χ1n) is 10.6. The summed E-state index contributed by atoms with van der Waals surface area (Å²) in [4.78, 5) is 1.28. The quantitative estimate of drug-likeness (QED) is 0.317. The monoisotopic (exact) mass is 464 g/mol. The molecule has 0 fully saturated rings. The zero-order valence-electron chi connectivity index (χ0n) is 18.6. The molecular weight excluding hydrogens is 436 g/mol.